The van der Waals surface area contributed by atoms with Crippen LogP contribution in [0.4, 0.5) is 4.39 Å². The summed E-state index contributed by atoms with van der Waals surface area (Å²) < 4.78 is 12.8. The van der Waals surface area contributed by atoms with Crippen molar-refractivity contribution in [2.24, 2.45) is 0 Å². The lowest BCUT2D eigenvalue weighted by atomic mass is 10.1. The molecule has 1 rings (SSSR count). The van der Waals surface area contributed by atoms with E-state index in [1.54, 1.807) is 0 Å². The molecule has 0 saturated heterocycles. The first-order valence-electron chi connectivity index (χ1n) is 4.51. The minimum atomic E-state index is -0.634. The first-order chi connectivity index (χ1) is 5.83. The van der Waals surface area contributed by atoms with Gasteiger partial charge in [-0.2, -0.15) is 0 Å². The molecule has 1 heteroatoms. The van der Waals surface area contributed by atoms with Crippen LogP contribution in [0, 0.1) is 0 Å². The summed E-state index contributed by atoms with van der Waals surface area (Å²) in [6, 6.07) is 10.1. The summed E-state index contributed by atoms with van der Waals surface area (Å²) in [5.41, 5.74) is 1.23. The van der Waals surface area contributed by atoms with Gasteiger partial charge in [0.25, 0.3) is 0 Å². The van der Waals surface area contributed by atoms with Gasteiger partial charge in [-0.15, -0.1) is 0 Å². The Morgan fingerprint density at radius 1 is 1.25 bits per heavy atom. The van der Waals surface area contributed by atoms with Gasteiger partial charge in [0.15, 0.2) is 0 Å². The highest BCUT2D eigenvalue weighted by atomic mass is 19.1. The summed E-state index contributed by atoms with van der Waals surface area (Å²) in [7, 11) is 0. The van der Waals surface area contributed by atoms with Crippen LogP contribution in [-0.4, -0.2) is 6.17 Å². The fraction of sp³-hybridized carbons (Fsp3) is 0.455. The molecule has 0 heterocycles. The van der Waals surface area contributed by atoms with E-state index in [1.165, 1.54) is 5.56 Å². The van der Waals surface area contributed by atoms with E-state index in [0.717, 1.165) is 6.42 Å². The highest BCUT2D eigenvalue weighted by molar-refractivity contribution is 5.14. The minimum absolute atomic E-state index is 0.632. The van der Waals surface area contributed by atoms with E-state index >= 15 is 0 Å². The molecule has 0 aromatic heterocycles. The number of alkyl halides is 1. The van der Waals surface area contributed by atoms with E-state index < -0.39 is 6.17 Å². The first-order valence-corrected chi connectivity index (χ1v) is 4.51. The zero-order valence-electron chi connectivity index (χ0n) is 7.46. The summed E-state index contributed by atoms with van der Waals surface area (Å²) in [4.78, 5) is 0. The average molecular weight is 166 g/mol. The summed E-state index contributed by atoms with van der Waals surface area (Å²) in [5.74, 6) is 0. The summed E-state index contributed by atoms with van der Waals surface area (Å²) >= 11 is 0. The number of aryl methyl sites for hydroxylation is 1. The fourth-order valence-electron chi connectivity index (χ4n) is 1.17. The Balaban J connectivity index is 2.33. The minimum Gasteiger partial charge on any atom is -0.247 e. The molecular weight excluding hydrogens is 151 g/mol. The van der Waals surface area contributed by atoms with Gasteiger partial charge in [0.05, 0.1) is 0 Å². The lowest BCUT2D eigenvalue weighted by Gasteiger charge is -2.04. The molecule has 1 unspecified atom stereocenters. The molecule has 0 fully saturated rings. The quantitative estimate of drug-likeness (QED) is 0.643. The van der Waals surface area contributed by atoms with E-state index in [0.29, 0.717) is 12.8 Å². The van der Waals surface area contributed by atoms with Crippen LogP contribution in [0.3, 0.4) is 0 Å². The molecule has 1 aromatic rings. The van der Waals surface area contributed by atoms with Gasteiger partial charge in [0.1, 0.15) is 6.17 Å². The van der Waals surface area contributed by atoms with Gasteiger partial charge < -0.3 is 0 Å². The van der Waals surface area contributed by atoms with Crippen molar-refractivity contribution in [2.75, 3.05) is 0 Å². The predicted molar refractivity (Wildman–Crippen MR) is 50.0 cm³/mol. The molecule has 0 nitrogen and oxygen atoms in total. The molecule has 12 heavy (non-hydrogen) atoms. The highest BCUT2D eigenvalue weighted by Crippen LogP contribution is 2.09. The van der Waals surface area contributed by atoms with Gasteiger partial charge in [0.2, 0.25) is 0 Å². The molecule has 1 atom stereocenters. The van der Waals surface area contributed by atoms with Crippen LogP contribution in [0.5, 0.6) is 0 Å². The van der Waals surface area contributed by atoms with Crippen LogP contribution < -0.4 is 0 Å². The Labute approximate surface area is 73.4 Å². The van der Waals surface area contributed by atoms with Crippen molar-refractivity contribution >= 4 is 0 Å². The number of hydrogen-bond donors (Lipinski definition) is 0. The summed E-state index contributed by atoms with van der Waals surface area (Å²) in [6.45, 7) is 1.88. The van der Waals surface area contributed by atoms with Crippen molar-refractivity contribution in [3.63, 3.8) is 0 Å². The smallest absolute Gasteiger partial charge is 0.100 e. The van der Waals surface area contributed by atoms with Crippen LogP contribution in [-0.2, 0) is 6.42 Å². The second kappa shape index (κ2) is 4.91. The van der Waals surface area contributed by atoms with Gasteiger partial charge >= 0.3 is 0 Å². The van der Waals surface area contributed by atoms with Crippen molar-refractivity contribution in [2.45, 2.75) is 32.4 Å². The van der Waals surface area contributed by atoms with Crippen molar-refractivity contribution in [1.29, 1.82) is 0 Å². The highest BCUT2D eigenvalue weighted by Gasteiger charge is 2.02. The van der Waals surface area contributed by atoms with Crippen molar-refractivity contribution < 1.29 is 4.39 Å². The molecule has 0 aliphatic rings. The monoisotopic (exact) mass is 166 g/mol. The topological polar surface area (TPSA) is 0 Å². The van der Waals surface area contributed by atoms with Crippen LogP contribution in [0.1, 0.15) is 25.3 Å². The van der Waals surface area contributed by atoms with Gasteiger partial charge in [0, 0.05) is 0 Å². The van der Waals surface area contributed by atoms with E-state index in [1.807, 2.05) is 37.3 Å². The van der Waals surface area contributed by atoms with Gasteiger partial charge in [-0.1, -0.05) is 37.3 Å². The maximum Gasteiger partial charge on any atom is 0.100 e. The maximum atomic E-state index is 12.8. The Bertz CT molecular complexity index is 206. The standard InChI is InChI=1S/C11H15F/c1-2-11(12)9-8-10-6-4-3-5-7-10/h3-7,11H,2,8-9H2,1H3. The molecule has 0 spiro atoms. The molecule has 0 bridgehead atoms. The van der Waals surface area contributed by atoms with E-state index in [2.05, 4.69) is 0 Å². The predicted octanol–water partition coefficient (Wildman–Crippen LogP) is 3.37. The lowest BCUT2D eigenvalue weighted by molar-refractivity contribution is 0.306. The number of rotatable bonds is 4. The third-order valence-corrected chi connectivity index (χ3v) is 2.03. The maximum absolute atomic E-state index is 12.8. The normalized spacial score (nSPS) is 12.8. The fourth-order valence-corrected chi connectivity index (χ4v) is 1.17. The van der Waals surface area contributed by atoms with E-state index in [-0.39, 0.29) is 0 Å². The third kappa shape index (κ3) is 3.04. The Morgan fingerprint density at radius 2 is 1.92 bits per heavy atom. The third-order valence-electron chi connectivity index (χ3n) is 2.03. The van der Waals surface area contributed by atoms with E-state index in [9.17, 15) is 4.39 Å². The molecule has 0 aliphatic heterocycles. The van der Waals surface area contributed by atoms with Crippen LogP contribution in [0.25, 0.3) is 0 Å². The number of halogens is 1. The Kier molecular flexibility index (Phi) is 3.78. The summed E-state index contributed by atoms with van der Waals surface area (Å²) in [6.07, 6.45) is 1.51. The average Bonchev–Trinajstić information content (AvgIpc) is 2.16. The van der Waals surface area contributed by atoms with Gasteiger partial charge in [-0.3, -0.25) is 0 Å². The van der Waals surface area contributed by atoms with E-state index in [4.69, 9.17) is 0 Å². The van der Waals surface area contributed by atoms with Crippen LogP contribution in [0.2, 0.25) is 0 Å². The van der Waals surface area contributed by atoms with Gasteiger partial charge in [-0.25, -0.2) is 4.39 Å². The number of benzene rings is 1. The lowest BCUT2D eigenvalue weighted by Crippen LogP contribution is -1.99. The molecule has 0 saturated carbocycles. The first kappa shape index (κ1) is 9.24. The number of hydrogen-bond acceptors (Lipinski definition) is 0. The van der Waals surface area contributed by atoms with Crippen molar-refractivity contribution in [3.05, 3.63) is 35.9 Å². The second-order valence-corrected chi connectivity index (χ2v) is 3.03. The molecule has 66 valence electrons. The largest absolute Gasteiger partial charge is 0.247 e. The molecule has 0 amide bonds. The zero-order valence-corrected chi connectivity index (χ0v) is 7.46. The van der Waals surface area contributed by atoms with Crippen molar-refractivity contribution in [1.82, 2.24) is 0 Å². The van der Waals surface area contributed by atoms with Crippen LogP contribution >= 0.6 is 0 Å². The van der Waals surface area contributed by atoms with Crippen LogP contribution in [0.15, 0.2) is 30.3 Å². The molecule has 0 N–H and O–H groups in total. The molecule has 0 aliphatic carbocycles. The van der Waals surface area contributed by atoms with Crippen molar-refractivity contribution in [3.8, 4) is 0 Å². The molecule has 0 radical (unpaired) electrons. The zero-order chi connectivity index (χ0) is 8.81. The molecule has 1 aromatic carbocycles. The Hall–Kier alpha value is -0.850. The summed E-state index contributed by atoms with van der Waals surface area (Å²) in [5, 5.41) is 0. The molecular formula is C11H15F. The SMILES string of the molecule is CCC(F)CCc1ccccc1. The Morgan fingerprint density at radius 3 is 2.50 bits per heavy atom. The second-order valence-electron chi connectivity index (χ2n) is 3.03. The van der Waals surface area contributed by atoms with Gasteiger partial charge in [-0.05, 0) is 24.8 Å².